The van der Waals surface area contributed by atoms with Crippen LogP contribution < -0.4 is 9.16 Å². The zero-order chi connectivity index (χ0) is 23.3. The number of aromatic nitrogens is 1. The maximum Gasteiger partial charge on any atom is 0.415 e. The van der Waals surface area contributed by atoms with Crippen LogP contribution in [0.25, 0.3) is 11.3 Å². The van der Waals surface area contributed by atoms with Gasteiger partial charge in [0.25, 0.3) is 8.32 Å². The average molecular weight is 448 g/mol. The van der Waals surface area contributed by atoms with Gasteiger partial charge in [-0.1, -0.05) is 41.5 Å². The van der Waals surface area contributed by atoms with E-state index < -0.39 is 14.4 Å². The lowest BCUT2D eigenvalue weighted by molar-refractivity contribution is 0.0920. The third kappa shape index (κ3) is 5.52. The summed E-state index contributed by atoms with van der Waals surface area (Å²) in [6.07, 6.45) is 0.354. The van der Waals surface area contributed by atoms with Gasteiger partial charge in [0.1, 0.15) is 17.6 Å². The first-order valence-electron chi connectivity index (χ1n) is 10.9. The molecule has 0 aliphatic carbocycles. The average Bonchev–Trinajstić information content (AvgIpc) is 3.15. The third-order valence-corrected chi connectivity index (χ3v) is 11.9. The second-order valence-electron chi connectivity index (χ2n) is 9.04. The van der Waals surface area contributed by atoms with Crippen LogP contribution >= 0.6 is 0 Å². The smallest absolute Gasteiger partial charge is 0.415 e. The van der Waals surface area contributed by atoms with Gasteiger partial charge in [-0.25, -0.2) is 4.79 Å². The molecule has 0 amide bonds. The summed E-state index contributed by atoms with van der Waals surface area (Å²) in [6.45, 7) is 15.8. The summed E-state index contributed by atoms with van der Waals surface area (Å²) in [6, 6.07) is 9.21. The number of hydrogen-bond donors (Lipinski definition) is 1. The molecule has 0 spiro atoms. The van der Waals surface area contributed by atoms with Crippen molar-refractivity contribution in [3.8, 4) is 22.8 Å². The van der Waals surface area contributed by atoms with Crippen molar-refractivity contribution < 1.29 is 23.8 Å². The Morgan fingerprint density at radius 3 is 2.10 bits per heavy atom. The van der Waals surface area contributed by atoms with Gasteiger partial charge in [0.05, 0.1) is 12.3 Å². The second-order valence-corrected chi connectivity index (χ2v) is 14.4. The molecule has 6 nitrogen and oxygen atoms in total. The molecule has 1 aromatic carbocycles. The van der Waals surface area contributed by atoms with E-state index in [1.54, 1.807) is 19.2 Å². The van der Waals surface area contributed by atoms with Gasteiger partial charge in [-0.2, -0.15) is 0 Å². The Bertz CT molecular complexity index is 853. The van der Waals surface area contributed by atoms with E-state index in [1.807, 2.05) is 25.1 Å². The Morgan fingerprint density at radius 2 is 1.58 bits per heavy atom. The largest absolute Gasteiger partial charge is 0.543 e. The SMILES string of the molecule is COC[C@H](C)Oc1cc(O[Si](C(C)C)(C(C)C)C(C)C)cc(-c2cccn2C(=O)O)c1. The molecule has 2 rings (SSSR count). The summed E-state index contributed by atoms with van der Waals surface area (Å²) in [5.41, 5.74) is 2.55. The first kappa shape index (κ1) is 25.0. The third-order valence-electron chi connectivity index (χ3n) is 5.87. The van der Waals surface area contributed by atoms with Crippen molar-refractivity contribution in [2.24, 2.45) is 0 Å². The van der Waals surface area contributed by atoms with Crippen LogP contribution in [0.1, 0.15) is 48.5 Å². The Morgan fingerprint density at radius 1 is 1.00 bits per heavy atom. The van der Waals surface area contributed by atoms with Gasteiger partial charge in [-0.05, 0) is 47.8 Å². The number of benzene rings is 1. The molecule has 172 valence electrons. The van der Waals surface area contributed by atoms with Crippen molar-refractivity contribution in [3.63, 3.8) is 0 Å². The van der Waals surface area contributed by atoms with E-state index in [1.165, 1.54) is 10.8 Å². The fraction of sp³-hybridized carbons (Fsp3) is 0.542. The number of hydrogen-bond acceptors (Lipinski definition) is 4. The Balaban J connectivity index is 2.60. The molecule has 1 atom stereocenters. The molecule has 1 aromatic heterocycles. The first-order chi connectivity index (χ1) is 14.5. The Labute approximate surface area is 187 Å². The van der Waals surface area contributed by atoms with Gasteiger partial charge in [0.2, 0.25) is 0 Å². The van der Waals surface area contributed by atoms with Crippen molar-refractivity contribution in [3.05, 3.63) is 36.5 Å². The fourth-order valence-corrected chi connectivity index (χ4v) is 9.92. The summed E-state index contributed by atoms with van der Waals surface area (Å²) in [5.74, 6) is 1.35. The molecule has 0 saturated carbocycles. The van der Waals surface area contributed by atoms with Crippen molar-refractivity contribution >= 4 is 14.4 Å². The molecule has 0 saturated heterocycles. The van der Waals surface area contributed by atoms with E-state index in [9.17, 15) is 9.90 Å². The normalized spacial score (nSPS) is 13.1. The molecular weight excluding hydrogens is 410 g/mol. The highest BCUT2D eigenvalue weighted by molar-refractivity contribution is 6.78. The zero-order valence-corrected chi connectivity index (χ0v) is 21.0. The van der Waals surface area contributed by atoms with Crippen LogP contribution in [-0.2, 0) is 4.74 Å². The summed E-state index contributed by atoms with van der Waals surface area (Å²) in [5, 5.41) is 9.57. The molecule has 0 unspecified atom stereocenters. The molecule has 31 heavy (non-hydrogen) atoms. The maximum absolute atomic E-state index is 11.7. The lowest BCUT2D eigenvalue weighted by atomic mass is 10.1. The quantitative estimate of drug-likeness (QED) is 0.413. The lowest BCUT2D eigenvalue weighted by Gasteiger charge is -2.42. The molecule has 0 aliphatic rings. The number of carboxylic acid groups (broad SMARTS) is 1. The Kier molecular flexibility index (Phi) is 8.37. The van der Waals surface area contributed by atoms with Gasteiger partial charge in [-0.3, -0.25) is 4.57 Å². The zero-order valence-electron chi connectivity index (χ0n) is 20.0. The minimum atomic E-state index is -2.19. The first-order valence-corrected chi connectivity index (χ1v) is 13.1. The van der Waals surface area contributed by atoms with E-state index in [-0.39, 0.29) is 6.10 Å². The number of methoxy groups -OCH3 is 1. The van der Waals surface area contributed by atoms with E-state index in [0.29, 0.717) is 34.7 Å². The monoisotopic (exact) mass is 447 g/mol. The summed E-state index contributed by atoms with van der Waals surface area (Å²) >= 11 is 0. The predicted octanol–water partition coefficient (Wildman–Crippen LogP) is 6.65. The van der Waals surface area contributed by atoms with Crippen LogP contribution in [0.15, 0.2) is 36.5 Å². The van der Waals surface area contributed by atoms with Gasteiger partial charge >= 0.3 is 6.09 Å². The van der Waals surface area contributed by atoms with Gasteiger partial charge in [0, 0.05) is 24.9 Å². The highest BCUT2D eigenvalue weighted by Gasteiger charge is 2.47. The molecule has 0 aliphatic heterocycles. The summed E-state index contributed by atoms with van der Waals surface area (Å²) in [7, 11) is -0.556. The van der Waals surface area contributed by atoms with Crippen LogP contribution in [0.4, 0.5) is 4.79 Å². The van der Waals surface area contributed by atoms with Crippen molar-refractivity contribution in [1.29, 1.82) is 0 Å². The Hall–Kier alpha value is -2.25. The highest BCUT2D eigenvalue weighted by atomic mass is 28.4. The van der Waals surface area contributed by atoms with Crippen molar-refractivity contribution in [1.82, 2.24) is 4.57 Å². The molecule has 0 bridgehead atoms. The molecule has 0 radical (unpaired) electrons. The fourth-order valence-electron chi connectivity index (χ4n) is 4.69. The van der Waals surface area contributed by atoms with E-state index in [2.05, 4.69) is 41.5 Å². The van der Waals surface area contributed by atoms with Crippen LogP contribution in [0.3, 0.4) is 0 Å². The van der Waals surface area contributed by atoms with Gasteiger partial charge < -0.3 is 19.0 Å². The lowest BCUT2D eigenvalue weighted by Crippen LogP contribution is -2.50. The molecule has 0 fully saturated rings. The predicted molar refractivity (Wildman–Crippen MR) is 127 cm³/mol. The van der Waals surface area contributed by atoms with Gasteiger partial charge in [-0.15, -0.1) is 0 Å². The molecule has 7 heteroatoms. The van der Waals surface area contributed by atoms with Gasteiger partial charge in [0.15, 0.2) is 0 Å². The molecule has 2 aromatic rings. The number of ether oxygens (including phenoxy) is 2. The van der Waals surface area contributed by atoms with Crippen molar-refractivity contribution in [2.75, 3.05) is 13.7 Å². The van der Waals surface area contributed by atoms with Crippen LogP contribution in [-0.4, -0.2) is 43.9 Å². The van der Waals surface area contributed by atoms with Crippen LogP contribution in [0.2, 0.25) is 16.6 Å². The van der Waals surface area contributed by atoms with Crippen LogP contribution in [0.5, 0.6) is 11.5 Å². The van der Waals surface area contributed by atoms with E-state index in [0.717, 1.165) is 11.3 Å². The van der Waals surface area contributed by atoms with E-state index in [4.69, 9.17) is 13.9 Å². The van der Waals surface area contributed by atoms with Crippen LogP contribution in [0, 0.1) is 0 Å². The molecule has 1 N–H and O–H groups in total. The highest BCUT2D eigenvalue weighted by Crippen LogP contribution is 2.44. The number of nitrogens with zero attached hydrogens (tertiary/aromatic N) is 1. The number of carbonyl (C=O) groups is 1. The van der Waals surface area contributed by atoms with E-state index >= 15 is 0 Å². The second kappa shape index (κ2) is 10.4. The minimum absolute atomic E-state index is 0.151. The number of rotatable bonds is 10. The molecular formula is C24H37NO5Si. The molecule has 1 heterocycles. The maximum atomic E-state index is 11.7. The standard InChI is InChI=1S/C24H37NO5Si/c1-16(2)31(17(3)4,18(5)6)30-22-13-20(23-10-9-11-25(23)24(26)27)12-21(14-22)29-19(7)15-28-8/h9-14,16-19H,15H2,1-8H3,(H,26,27)/t19-/m0/s1. The minimum Gasteiger partial charge on any atom is -0.543 e. The summed E-state index contributed by atoms with van der Waals surface area (Å²) in [4.78, 5) is 11.7. The topological polar surface area (TPSA) is 69.9 Å². The summed E-state index contributed by atoms with van der Waals surface area (Å²) < 4.78 is 19.4. The van der Waals surface area contributed by atoms with Crippen molar-refractivity contribution in [2.45, 2.75) is 71.2 Å².